The summed E-state index contributed by atoms with van der Waals surface area (Å²) in [5, 5.41) is 13.3. The number of thioether (sulfide) groups is 1. The molecule has 3 amide bonds. The second-order valence-corrected chi connectivity index (χ2v) is 11.0. The van der Waals surface area contributed by atoms with Gasteiger partial charge in [0.15, 0.2) is 0 Å². The first-order valence-corrected chi connectivity index (χ1v) is 13.3. The summed E-state index contributed by atoms with van der Waals surface area (Å²) in [5.41, 5.74) is 2.83. The van der Waals surface area contributed by atoms with Gasteiger partial charge in [0, 0.05) is 47.7 Å². The molecule has 1 aliphatic carbocycles. The number of amides is 3. The summed E-state index contributed by atoms with van der Waals surface area (Å²) in [6, 6.07) is 4.12. The fourth-order valence-corrected chi connectivity index (χ4v) is 7.58. The third kappa shape index (κ3) is 3.94. The third-order valence-corrected chi connectivity index (χ3v) is 9.15. The fraction of sp³-hybridized carbons (Fsp3) is 0.625. The Morgan fingerprint density at radius 1 is 1.15 bits per heavy atom. The van der Waals surface area contributed by atoms with E-state index in [9.17, 15) is 9.59 Å². The Morgan fingerprint density at radius 3 is 2.85 bits per heavy atom. The molecule has 0 radical (unpaired) electrons. The van der Waals surface area contributed by atoms with Gasteiger partial charge < -0.3 is 21.3 Å². The average molecular weight is 469 g/mol. The number of anilines is 1. The number of pyridine rings is 1. The second kappa shape index (κ2) is 8.92. The molecule has 3 saturated heterocycles. The summed E-state index contributed by atoms with van der Waals surface area (Å²) < 4.78 is 0. The molecule has 6 rings (SSSR count). The lowest BCUT2D eigenvalue weighted by Gasteiger charge is -2.45. The quantitative estimate of drug-likeness (QED) is 0.542. The molecule has 5 aliphatic rings. The van der Waals surface area contributed by atoms with Gasteiger partial charge in [-0.05, 0) is 57.3 Å². The van der Waals surface area contributed by atoms with Crippen molar-refractivity contribution < 1.29 is 9.59 Å². The minimum absolute atomic E-state index is 0.0352. The lowest BCUT2D eigenvalue weighted by Crippen LogP contribution is -2.62. The number of nitrogens with one attached hydrogen (secondary N) is 4. The summed E-state index contributed by atoms with van der Waals surface area (Å²) >= 11 is 1.57. The van der Waals surface area contributed by atoms with Gasteiger partial charge in [-0.25, -0.2) is 4.79 Å². The number of carbonyl (C=O) groups is 2. The standard InChI is InChI=1S/C24H32N6O2S/c31-22(28-15-6-3-9-25-13-15)21-20-19-18(8-11-27-23(19)33-21)30(24(32)29-20)16-7-10-26-17(12-16)14-4-1-2-5-14/h7,10,12,14-15,18-19,23,25,27H,1-6,8-9,11,13H2,(H,28,31)(H,29,32)/t15-,18?,19?,23?/m1/s1. The number of carbonyl (C=O) groups excluding carboxylic acids is 2. The molecule has 0 bridgehead atoms. The molecule has 9 heteroatoms. The zero-order chi connectivity index (χ0) is 22.4. The van der Waals surface area contributed by atoms with Gasteiger partial charge in [0.25, 0.3) is 5.91 Å². The highest BCUT2D eigenvalue weighted by Gasteiger charge is 2.51. The minimum atomic E-state index is -0.136. The maximum Gasteiger partial charge on any atom is 0.326 e. The molecule has 176 valence electrons. The Morgan fingerprint density at radius 2 is 2.03 bits per heavy atom. The van der Waals surface area contributed by atoms with Crippen molar-refractivity contribution in [2.45, 2.75) is 68.3 Å². The second-order valence-electron chi connectivity index (χ2n) is 9.85. The summed E-state index contributed by atoms with van der Waals surface area (Å²) in [4.78, 5) is 33.8. The van der Waals surface area contributed by atoms with E-state index < -0.39 is 0 Å². The van der Waals surface area contributed by atoms with Crippen molar-refractivity contribution in [2.75, 3.05) is 24.5 Å². The van der Waals surface area contributed by atoms with Crippen LogP contribution in [-0.4, -0.2) is 54.0 Å². The molecule has 0 aromatic carbocycles. The molecule has 5 heterocycles. The highest BCUT2D eigenvalue weighted by atomic mass is 32.2. The number of aromatic nitrogens is 1. The maximum atomic E-state index is 13.4. The van der Waals surface area contributed by atoms with E-state index in [2.05, 4.69) is 32.3 Å². The van der Waals surface area contributed by atoms with Gasteiger partial charge in [0.2, 0.25) is 0 Å². The first kappa shape index (κ1) is 21.4. The zero-order valence-electron chi connectivity index (χ0n) is 18.8. The predicted molar refractivity (Wildman–Crippen MR) is 129 cm³/mol. The molecular weight excluding hydrogens is 436 g/mol. The number of urea groups is 1. The van der Waals surface area contributed by atoms with Crippen LogP contribution in [0.15, 0.2) is 28.9 Å². The van der Waals surface area contributed by atoms with E-state index in [1.54, 1.807) is 11.8 Å². The predicted octanol–water partition coefficient (Wildman–Crippen LogP) is 2.40. The van der Waals surface area contributed by atoms with Gasteiger partial charge in [0.05, 0.1) is 16.3 Å². The fourth-order valence-electron chi connectivity index (χ4n) is 6.18. The van der Waals surface area contributed by atoms with Crippen LogP contribution in [0.25, 0.3) is 0 Å². The Kier molecular flexibility index (Phi) is 5.80. The number of hydrogen-bond acceptors (Lipinski definition) is 6. The molecule has 4 N–H and O–H groups in total. The van der Waals surface area contributed by atoms with E-state index in [1.807, 2.05) is 17.2 Å². The van der Waals surface area contributed by atoms with E-state index in [1.165, 1.54) is 25.7 Å². The normalized spacial score (nSPS) is 32.0. The molecule has 4 atom stereocenters. The SMILES string of the molecule is O=C(N[C@@H]1CCCNC1)C1=C2NC(=O)N(c3ccnc(C4CCCC4)c3)C3CCNC(S1)C23. The van der Waals surface area contributed by atoms with Crippen molar-refractivity contribution in [2.24, 2.45) is 5.92 Å². The van der Waals surface area contributed by atoms with Gasteiger partial charge in [0.1, 0.15) is 0 Å². The smallest absolute Gasteiger partial charge is 0.326 e. The topological polar surface area (TPSA) is 98.4 Å². The molecule has 4 aliphatic heterocycles. The largest absolute Gasteiger partial charge is 0.348 e. The van der Waals surface area contributed by atoms with Crippen LogP contribution in [0.1, 0.15) is 56.6 Å². The Bertz CT molecular complexity index is 971. The number of hydrogen-bond donors (Lipinski definition) is 4. The van der Waals surface area contributed by atoms with Crippen molar-refractivity contribution in [3.05, 3.63) is 34.6 Å². The van der Waals surface area contributed by atoms with Crippen molar-refractivity contribution in [1.82, 2.24) is 26.3 Å². The van der Waals surface area contributed by atoms with Crippen LogP contribution >= 0.6 is 11.8 Å². The molecule has 4 fully saturated rings. The van der Waals surface area contributed by atoms with E-state index in [0.29, 0.717) is 10.8 Å². The molecule has 1 aromatic heterocycles. The number of nitrogens with zero attached hydrogens (tertiary/aromatic N) is 2. The van der Waals surface area contributed by atoms with Crippen LogP contribution in [0.5, 0.6) is 0 Å². The number of rotatable bonds is 4. The van der Waals surface area contributed by atoms with Crippen LogP contribution in [0.3, 0.4) is 0 Å². The maximum absolute atomic E-state index is 13.4. The lowest BCUT2D eigenvalue weighted by atomic mass is 9.86. The number of piperidine rings is 2. The van der Waals surface area contributed by atoms with Gasteiger partial charge >= 0.3 is 6.03 Å². The Labute approximate surface area is 198 Å². The van der Waals surface area contributed by atoms with E-state index in [0.717, 1.165) is 56.0 Å². The van der Waals surface area contributed by atoms with Crippen molar-refractivity contribution in [1.29, 1.82) is 0 Å². The van der Waals surface area contributed by atoms with Crippen molar-refractivity contribution in [3.8, 4) is 0 Å². The van der Waals surface area contributed by atoms with Crippen LogP contribution in [0.2, 0.25) is 0 Å². The van der Waals surface area contributed by atoms with Crippen LogP contribution in [-0.2, 0) is 4.79 Å². The monoisotopic (exact) mass is 468 g/mol. The Balaban J connectivity index is 1.27. The highest BCUT2D eigenvalue weighted by molar-refractivity contribution is 8.04. The van der Waals surface area contributed by atoms with E-state index in [-0.39, 0.29) is 35.3 Å². The van der Waals surface area contributed by atoms with E-state index >= 15 is 0 Å². The first-order valence-electron chi connectivity index (χ1n) is 12.4. The van der Waals surface area contributed by atoms with Gasteiger partial charge in [-0.15, -0.1) is 0 Å². The van der Waals surface area contributed by atoms with Crippen LogP contribution in [0.4, 0.5) is 10.5 Å². The van der Waals surface area contributed by atoms with Gasteiger partial charge in [-0.3, -0.25) is 14.7 Å². The van der Waals surface area contributed by atoms with Crippen LogP contribution < -0.4 is 26.2 Å². The molecule has 3 unspecified atom stereocenters. The van der Waals surface area contributed by atoms with Crippen molar-refractivity contribution >= 4 is 29.4 Å². The molecule has 0 spiro atoms. The molecule has 1 saturated carbocycles. The third-order valence-electron chi connectivity index (χ3n) is 7.80. The van der Waals surface area contributed by atoms with Crippen LogP contribution in [0, 0.1) is 5.92 Å². The van der Waals surface area contributed by atoms with E-state index in [4.69, 9.17) is 0 Å². The van der Waals surface area contributed by atoms with Gasteiger partial charge in [-0.1, -0.05) is 24.6 Å². The van der Waals surface area contributed by atoms with Gasteiger partial charge in [-0.2, -0.15) is 0 Å². The molecular formula is C24H32N6O2S. The molecule has 8 nitrogen and oxygen atoms in total. The summed E-state index contributed by atoms with van der Waals surface area (Å²) in [7, 11) is 0. The summed E-state index contributed by atoms with van der Waals surface area (Å²) in [6.07, 6.45) is 9.64. The zero-order valence-corrected chi connectivity index (χ0v) is 19.6. The first-order chi connectivity index (χ1) is 16.2. The summed E-state index contributed by atoms with van der Waals surface area (Å²) in [6.45, 7) is 2.64. The highest BCUT2D eigenvalue weighted by Crippen LogP contribution is 2.48. The summed E-state index contributed by atoms with van der Waals surface area (Å²) in [5.74, 6) is 0.523. The lowest BCUT2D eigenvalue weighted by molar-refractivity contribution is -0.117. The average Bonchev–Trinajstić information content (AvgIpc) is 3.50. The molecule has 33 heavy (non-hydrogen) atoms. The minimum Gasteiger partial charge on any atom is -0.348 e. The molecule has 1 aromatic rings. The Hall–Kier alpha value is -2.10. The van der Waals surface area contributed by atoms with Crippen molar-refractivity contribution in [3.63, 3.8) is 0 Å².